The SMILES string of the molecule is CCCCCCCCCCCCCCCC/C=C/CC/C=C/CCCC(=O)OC[C@@H](COP(=O)(O)OCC[N+](C)(C)C)OC(=O)CCCCCCCCCCCCCCCC. The zero-order chi connectivity index (χ0) is 45.0. The maximum Gasteiger partial charge on any atom is 0.472 e. The van der Waals surface area contributed by atoms with Crippen molar-refractivity contribution < 1.29 is 42.1 Å². The van der Waals surface area contributed by atoms with Crippen molar-refractivity contribution >= 4 is 19.8 Å². The van der Waals surface area contributed by atoms with E-state index in [-0.39, 0.29) is 26.1 Å². The van der Waals surface area contributed by atoms with Gasteiger partial charge in [-0.15, -0.1) is 0 Å². The van der Waals surface area contributed by atoms with Gasteiger partial charge in [-0.1, -0.05) is 205 Å². The van der Waals surface area contributed by atoms with E-state index >= 15 is 0 Å². The Morgan fingerprint density at radius 3 is 1.31 bits per heavy atom. The highest BCUT2D eigenvalue weighted by atomic mass is 31.2. The maximum absolute atomic E-state index is 12.7. The molecule has 1 N–H and O–H groups in total. The van der Waals surface area contributed by atoms with E-state index in [0.29, 0.717) is 23.9 Å². The fourth-order valence-electron chi connectivity index (χ4n) is 7.21. The van der Waals surface area contributed by atoms with E-state index in [9.17, 15) is 19.0 Å². The fourth-order valence-corrected chi connectivity index (χ4v) is 7.95. The Morgan fingerprint density at radius 2 is 0.869 bits per heavy atom. The Morgan fingerprint density at radius 1 is 0.492 bits per heavy atom. The van der Waals surface area contributed by atoms with Gasteiger partial charge >= 0.3 is 19.8 Å². The van der Waals surface area contributed by atoms with Crippen molar-refractivity contribution in [3.05, 3.63) is 24.3 Å². The van der Waals surface area contributed by atoms with Crippen molar-refractivity contribution in [2.24, 2.45) is 0 Å². The second-order valence-electron chi connectivity index (χ2n) is 18.5. The molecule has 1 unspecified atom stereocenters. The molecule has 0 aromatic heterocycles. The van der Waals surface area contributed by atoms with Crippen LogP contribution in [0.5, 0.6) is 0 Å². The van der Waals surface area contributed by atoms with Gasteiger partial charge in [0.25, 0.3) is 0 Å². The topological polar surface area (TPSA) is 108 Å². The van der Waals surface area contributed by atoms with Crippen LogP contribution in [0, 0.1) is 0 Å². The maximum atomic E-state index is 12.7. The smallest absolute Gasteiger partial charge is 0.462 e. The van der Waals surface area contributed by atoms with Gasteiger partial charge in [0.05, 0.1) is 27.7 Å². The zero-order valence-corrected chi connectivity index (χ0v) is 41.6. The molecule has 0 spiro atoms. The highest BCUT2D eigenvalue weighted by molar-refractivity contribution is 7.47. The van der Waals surface area contributed by atoms with Gasteiger partial charge in [-0.2, -0.15) is 0 Å². The summed E-state index contributed by atoms with van der Waals surface area (Å²) in [5.41, 5.74) is 0. The van der Waals surface area contributed by atoms with Crippen molar-refractivity contribution in [1.82, 2.24) is 0 Å². The lowest BCUT2D eigenvalue weighted by Crippen LogP contribution is -2.37. The minimum atomic E-state index is -4.38. The zero-order valence-electron chi connectivity index (χ0n) is 40.7. The molecule has 0 aromatic rings. The first-order valence-electron chi connectivity index (χ1n) is 25.6. The summed E-state index contributed by atoms with van der Waals surface area (Å²) in [6.45, 7) is 4.42. The van der Waals surface area contributed by atoms with Crippen LogP contribution in [-0.2, 0) is 32.7 Å². The number of hydrogen-bond acceptors (Lipinski definition) is 7. The summed E-state index contributed by atoms with van der Waals surface area (Å²) < 4.78 is 34.4. The molecule has 0 aliphatic rings. The van der Waals surface area contributed by atoms with Gasteiger partial charge in [0.1, 0.15) is 19.8 Å². The molecule has 2 atom stereocenters. The van der Waals surface area contributed by atoms with Gasteiger partial charge in [-0.3, -0.25) is 18.6 Å². The Kier molecular flexibility index (Phi) is 42.6. The van der Waals surface area contributed by atoms with Crippen LogP contribution in [0.25, 0.3) is 0 Å². The first-order valence-corrected chi connectivity index (χ1v) is 27.1. The van der Waals surface area contributed by atoms with Crippen LogP contribution in [0.15, 0.2) is 24.3 Å². The second kappa shape index (κ2) is 43.7. The van der Waals surface area contributed by atoms with Gasteiger partial charge < -0.3 is 18.9 Å². The lowest BCUT2D eigenvalue weighted by atomic mass is 10.0. The number of esters is 2. The number of phosphoric acid groups is 1. The van der Waals surface area contributed by atoms with E-state index in [0.717, 1.165) is 32.1 Å². The van der Waals surface area contributed by atoms with Gasteiger partial charge in [-0.25, -0.2) is 4.57 Å². The Labute approximate surface area is 377 Å². The number of allylic oxidation sites excluding steroid dienone is 4. The first kappa shape index (κ1) is 59.5. The number of ether oxygens (including phenoxy) is 2. The van der Waals surface area contributed by atoms with Crippen molar-refractivity contribution in [2.45, 2.75) is 245 Å². The van der Waals surface area contributed by atoms with Gasteiger partial charge in [0.15, 0.2) is 6.10 Å². The van der Waals surface area contributed by atoms with E-state index in [2.05, 4.69) is 38.2 Å². The highest BCUT2D eigenvalue weighted by Gasteiger charge is 2.27. The number of hydrogen-bond donors (Lipinski definition) is 1. The molecular formula is C51H99NO8P+. The molecule has 0 saturated heterocycles. The molecule has 0 aliphatic heterocycles. The molecule has 0 radical (unpaired) electrons. The third-order valence-electron chi connectivity index (χ3n) is 11.2. The van der Waals surface area contributed by atoms with Crippen molar-refractivity contribution in [3.63, 3.8) is 0 Å². The lowest BCUT2D eigenvalue weighted by Gasteiger charge is -2.24. The number of phosphoric ester groups is 1. The molecule has 0 heterocycles. The van der Waals surface area contributed by atoms with Crippen LogP contribution in [0.3, 0.4) is 0 Å². The normalized spacial score (nSPS) is 13.6. The number of likely N-dealkylation sites (N-methyl/N-ethyl adjacent to an activating group) is 1. The fraction of sp³-hybridized carbons (Fsp3) is 0.882. The average molecular weight is 885 g/mol. The largest absolute Gasteiger partial charge is 0.472 e. The van der Waals surface area contributed by atoms with Crippen LogP contribution < -0.4 is 0 Å². The number of unbranched alkanes of at least 4 members (excludes halogenated alkanes) is 29. The lowest BCUT2D eigenvalue weighted by molar-refractivity contribution is -0.870. The molecule has 360 valence electrons. The van der Waals surface area contributed by atoms with Crippen LogP contribution in [-0.4, -0.2) is 74.9 Å². The van der Waals surface area contributed by atoms with Crippen molar-refractivity contribution in [3.8, 4) is 0 Å². The highest BCUT2D eigenvalue weighted by Crippen LogP contribution is 2.43. The van der Waals surface area contributed by atoms with Crippen LogP contribution in [0.2, 0.25) is 0 Å². The minimum absolute atomic E-state index is 0.0283. The molecule has 0 amide bonds. The molecular weight excluding hydrogens is 786 g/mol. The summed E-state index contributed by atoms with van der Waals surface area (Å²) in [6, 6.07) is 0. The van der Waals surface area contributed by atoms with E-state index in [1.54, 1.807) is 0 Å². The molecule has 9 nitrogen and oxygen atoms in total. The molecule has 0 aliphatic carbocycles. The van der Waals surface area contributed by atoms with E-state index in [1.165, 1.54) is 167 Å². The van der Waals surface area contributed by atoms with Crippen LogP contribution in [0.1, 0.15) is 239 Å². The first-order chi connectivity index (χ1) is 29.5. The Bertz CT molecular complexity index is 1090. The van der Waals surface area contributed by atoms with Crippen LogP contribution in [0.4, 0.5) is 0 Å². The van der Waals surface area contributed by atoms with Gasteiger partial charge in [0, 0.05) is 12.8 Å². The predicted molar refractivity (Wildman–Crippen MR) is 257 cm³/mol. The van der Waals surface area contributed by atoms with Crippen molar-refractivity contribution in [1.29, 1.82) is 0 Å². The predicted octanol–water partition coefficient (Wildman–Crippen LogP) is 15.1. The van der Waals surface area contributed by atoms with E-state index in [4.69, 9.17) is 18.5 Å². The molecule has 0 rings (SSSR count). The summed E-state index contributed by atoms with van der Waals surface area (Å²) in [4.78, 5) is 35.5. The van der Waals surface area contributed by atoms with Gasteiger partial charge in [0.2, 0.25) is 0 Å². The second-order valence-corrected chi connectivity index (χ2v) is 20.0. The van der Waals surface area contributed by atoms with E-state index < -0.39 is 32.5 Å². The monoisotopic (exact) mass is 885 g/mol. The Balaban J connectivity index is 4.24. The number of nitrogens with zero attached hydrogens (tertiary/aromatic N) is 1. The average Bonchev–Trinajstić information content (AvgIpc) is 3.21. The van der Waals surface area contributed by atoms with Gasteiger partial charge in [-0.05, 0) is 44.9 Å². The van der Waals surface area contributed by atoms with Crippen LogP contribution >= 0.6 is 7.82 Å². The number of carbonyl (C=O) groups excluding carboxylic acids is 2. The summed E-state index contributed by atoms with van der Waals surface area (Å²) in [6.07, 6.45) is 49.6. The third kappa shape index (κ3) is 47.8. The molecule has 0 aromatic carbocycles. The molecule has 0 saturated carbocycles. The summed E-state index contributed by atoms with van der Waals surface area (Å²) >= 11 is 0. The molecule has 10 heteroatoms. The summed E-state index contributed by atoms with van der Waals surface area (Å²) in [5, 5.41) is 0. The molecule has 0 fully saturated rings. The third-order valence-corrected chi connectivity index (χ3v) is 12.2. The summed E-state index contributed by atoms with van der Waals surface area (Å²) in [5.74, 6) is -0.837. The summed E-state index contributed by atoms with van der Waals surface area (Å²) in [7, 11) is 1.47. The quantitative estimate of drug-likeness (QED) is 0.0212. The number of carbonyl (C=O) groups is 2. The number of rotatable bonds is 47. The molecule has 61 heavy (non-hydrogen) atoms. The Hall–Kier alpha value is -1.51. The van der Waals surface area contributed by atoms with E-state index in [1.807, 2.05) is 21.1 Å². The minimum Gasteiger partial charge on any atom is -0.462 e. The molecule has 0 bridgehead atoms. The van der Waals surface area contributed by atoms with Crippen molar-refractivity contribution in [2.75, 3.05) is 47.5 Å². The standard InChI is InChI=1S/C51H98NO8P/c1-6-8-10-12-14-16-18-20-22-23-24-25-26-27-28-29-30-32-33-35-37-39-41-43-50(53)57-47-49(48-59-61(55,56)58-46-45-52(3,4)5)60-51(54)44-42-40-38-36-34-31-21-19-17-15-13-11-9-7-2/h29-30,35,37,49H,6-28,31-34,36,38-48H2,1-5H3/p+1/b30-29+,37-35+/t49-/m0/s1. The number of quaternary nitrogens is 1.